The van der Waals surface area contributed by atoms with Crippen molar-refractivity contribution < 1.29 is 14.0 Å². The number of nitrogens with one attached hydrogen (secondary N) is 2. The van der Waals surface area contributed by atoms with E-state index in [-0.39, 0.29) is 23.5 Å². The Balaban J connectivity index is 1.76. The molecular formula is C23H24FN3O2S. The zero-order valence-electron chi connectivity index (χ0n) is 17.3. The van der Waals surface area contributed by atoms with Crippen molar-refractivity contribution in [1.29, 1.82) is 0 Å². The minimum absolute atomic E-state index is 0.115. The maximum absolute atomic E-state index is 13.2. The highest BCUT2D eigenvalue weighted by molar-refractivity contribution is 7.16. The summed E-state index contributed by atoms with van der Waals surface area (Å²) in [7, 11) is 0. The van der Waals surface area contributed by atoms with E-state index >= 15 is 0 Å². The van der Waals surface area contributed by atoms with Crippen molar-refractivity contribution in [3.05, 3.63) is 70.4 Å². The van der Waals surface area contributed by atoms with Crippen LogP contribution >= 0.6 is 11.3 Å². The van der Waals surface area contributed by atoms with E-state index in [1.807, 2.05) is 39.8 Å². The minimum atomic E-state index is -0.712. The summed E-state index contributed by atoms with van der Waals surface area (Å²) >= 11 is 1.34. The van der Waals surface area contributed by atoms with Gasteiger partial charge in [-0.15, -0.1) is 11.3 Å². The molecule has 3 aromatic rings. The van der Waals surface area contributed by atoms with Crippen LogP contribution in [-0.4, -0.2) is 22.8 Å². The molecule has 0 fully saturated rings. The van der Waals surface area contributed by atoms with E-state index in [9.17, 15) is 14.0 Å². The molecular weight excluding hydrogens is 401 g/mol. The molecule has 3 rings (SSSR count). The fourth-order valence-electron chi connectivity index (χ4n) is 3.09. The molecule has 0 aliphatic heterocycles. The molecule has 0 saturated heterocycles. The smallest absolute Gasteiger partial charge is 0.252 e. The van der Waals surface area contributed by atoms with Gasteiger partial charge in [-0.2, -0.15) is 0 Å². The summed E-state index contributed by atoms with van der Waals surface area (Å²) < 4.78 is 13.2. The van der Waals surface area contributed by atoms with Crippen LogP contribution in [0.3, 0.4) is 0 Å². The quantitative estimate of drug-likeness (QED) is 0.586. The van der Waals surface area contributed by atoms with Crippen molar-refractivity contribution in [3.63, 3.8) is 0 Å². The Morgan fingerprint density at radius 2 is 1.70 bits per heavy atom. The fraction of sp³-hybridized carbons (Fsp3) is 0.261. The summed E-state index contributed by atoms with van der Waals surface area (Å²) in [4.78, 5) is 31.0. The number of halogens is 1. The van der Waals surface area contributed by atoms with Crippen LogP contribution in [0.25, 0.3) is 11.3 Å². The molecule has 0 aliphatic carbocycles. The number of benzene rings is 2. The van der Waals surface area contributed by atoms with Gasteiger partial charge < -0.3 is 10.6 Å². The molecule has 30 heavy (non-hydrogen) atoms. The highest BCUT2D eigenvalue weighted by Gasteiger charge is 2.26. The first-order valence-electron chi connectivity index (χ1n) is 9.67. The monoisotopic (exact) mass is 425 g/mol. The Morgan fingerprint density at radius 1 is 1.03 bits per heavy atom. The van der Waals surface area contributed by atoms with Gasteiger partial charge in [0.25, 0.3) is 5.91 Å². The number of rotatable bonds is 6. The molecule has 1 atom stereocenters. The minimum Gasteiger partial charge on any atom is -0.340 e. The van der Waals surface area contributed by atoms with Gasteiger partial charge in [0.05, 0.1) is 5.69 Å². The van der Waals surface area contributed by atoms with Crippen LogP contribution in [0, 0.1) is 25.6 Å². The number of carbonyl (C=O) groups is 2. The van der Waals surface area contributed by atoms with Crippen LogP contribution in [0.1, 0.15) is 34.6 Å². The van der Waals surface area contributed by atoms with Crippen molar-refractivity contribution in [2.24, 2.45) is 5.92 Å². The maximum Gasteiger partial charge on any atom is 0.252 e. The number of nitrogens with zero attached hydrogens (tertiary/aromatic N) is 1. The van der Waals surface area contributed by atoms with Gasteiger partial charge in [-0.05, 0) is 55.7 Å². The van der Waals surface area contributed by atoms with E-state index in [1.54, 1.807) is 24.3 Å². The molecule has 0 spiro atoms. The first-order chi connectivity index (χ1) is 14.3. The summed E-state index contributed by atoms with van der Waals surface area (Å²) in [6, 6.07) is 12.6. The third-order valence-electron chi connectivity index (χ3n) is 4.77. The summed E-state index contributed by atoms with van der Waals surface area (Å²) in [6.07, 6.45) is 0. The van der Waals surface area contributed by atoms with Crippen LogP contribution in [0.5, 0.6) is 0 Å². The Hall–Kier alpha value is -3.06. The Kier molecular flexibility index (Phi) is 6.62. The fourth-order valence-corrected chi connectivity index (χ4v) is 3.93. The molecule has 0 bridgehead atoms. The van der Waals surface area contributed by atoms with Crippen LogP contribution in [-0.2, 0) is 4.79 Å². The number of aryl methyl sites for hydroxylation is 2. The van der Waals surface area contributed by atoms with Gasteiger partial charge in [0.1, 0.15) is 11.9 Å². The summed E-state index contributed by atoms with van der Waals surface area (Å²) in [6.45, 7) is 7.50. The molecule has 2 amide bonds. The summed E-state index contributed by atoms with van der Waals surface area (Å²) in [5.74, 6) is -1.05. The standard InChI is InChI=1S/C23H24FN3O2S/c1-13(2)19(25-21(28)18-8-6-5-7-14(18)3)22(29)27-23-26-20(15(4)30-23)16-9-11-17(24)12-10-16/h5-13,19H,1-4H3,(H,25,28)(H,26,27,29). The van der Waals surface area contributed by atoms with Crippen LogP contribution in [0.2, 0.25) is 0 Å². The van der Waals surface area contributed by atoms with E-state index < -0.39 is 6.04 Å². The Bertz CT molecular complexity index is 1060. The molecule has 156 valence electrons. The van der Waals surface area contributed by atoms with Crippen LogP contribution < -0.4 is 10.6 Å². The van der Waals surface area contributed by atoms with Gasteiger partial charge in [-0.25, -0.2) is 9.37 Å². The molecule has 1 unspecified atom stereocenters. The number of anilines is 1. The van der Waals surface area contributed by atoms with E-state index in [1.165, 1.54) is 23.5 Å². The van der Waals surface area contributed by atoms with E-state index in [0.29, 0.717) is 16.4 Å². The molecule has 0 radical (unpaired) electrons. The first kappa shape index (κ1) is 21.6. The van der Waals surface area contributed by atoms with Crippen molar-refractivity contribution in [2.75, 3.05) is 5.32 Å². The van der Waals surface area contributed by atoms with E-state index in [2.05, 4.69) is 15.6 Å². The SMILES string of the molecule is Cc1ccccc1C(=O)NC(C(=O)Nc1nc(-c2ccc(F)cc2)c(C)s1)C(C)C. The molecule has 2 N–H and O–H groups in total. The predicted octanol–water partition coefficient (Wildman–Crippen LogP) is 4.96. The second kappa shape index (κ2) is 9.17. The predicted molar refractivity (Wildman–Crippen MR) is 118 cm³/mol. The van der Waals surface area contributed by atoms with Gasteiger partial charge in [-0.3, -0.25) is 9.59 Å². The molecule has 0 saturated carbocycles. The van der Waals surface area contributed by atoms with Gasteiger partial charge in [0, 0.05) is 16.0 Å². The number of hydrogen-bond acceptors (Lipinski definition) is 4. The highest BCUT2D eigenvalue weighted by atomic mass is 32.1. The van der Waals surface area contributed by atoms with E-state index in [0.717, 1.165) is 16.0 Å². The second-order valence-corrected chi connectivity index (χ2v) is 8.63. The summed E-state index contributed by atoms with van der Waals surface area (Å²) in [5.41, 5.74) is 2.86. The number of thiazole rings is 1. The number of amides is 2. The van der Waals surface area contributed by atoms with Crippen LogP contribution in [0.4, 0.5) is 9.52 Å². The molecule has 0 aliphatic rings. The molecule has 5 nitrogen and oxygen atoms in total. The van der Waals surface area contributed by atoms with Gasteiger partial charge >= 0.3 is 0 Å². The zero-order valence-corrected chi connectivity index (χ0v) is 18.1. The average molecular weight is 426 g/mol. The van der Waals surface area contributed by atoms with Crippen molar-refractivity contribution in [3.8, 4) is 11.3 Å². The maximum atomic E-state index is 13.2. The summed E-state index contributed by atoms with van der Waals surface area (Å²) in [5, 5.41) is 6.09. The number of carbonyl (C=O) groups excluding carboxylic acids is 2. The van der Waals surface area contributed by atoms with Crippen molar-refractivity contribution in [1.82, 2.24) is 10.3 Å². The van der Waals surface area contributed by atoms with Crippen molar-refractivity contribution >= 4 is 28.3 Å². The van der Waals surface area contributed by atoms with Crippen molar-refractivity contribution in [2.45, 2.75) is 33.7 Å². The second-order valence-electron chi connectivity index (χ2n) is 7.43. The lowest BCUT2D eigenvalue weighted by Gasteiger charge is -2.21. The molecule has 7 heteroatoms. The lowest BCUT2D eigenvalue weighted by atomic mass is 10.0. The molecule has 2 aromatic carbocycles. The lowest BCUT2D eigenvalue weighted by molar-refractivity contribution is -0.118. The van der Waals surface area contributed by atoms with Gasteiger partial charge in [-0.1, -0.05) is 32.0 Å². The molecule has 1 aromatic heterocycles. The third kappa shape index (κ3) is 4.91. The normalized spacial score (nSPS) is 11.9. The highest BCUT2D eigenvalue weighted by Crippen LogP contribution is 2.30. The van der Waals surface area contributed by atoms with E-state index in [4.69, 9.17) is 0 Å². The number of aromatic nitrogens is 1. The van der Waals surface area contributed by atoms with Gasteiger partial charge in [0.2, 0.25) is 5.91 Å². The number of hydrogen-bond donors (Lipinski definition) is 2. The molecule has 1 heterocycles. The largest absolute Gasteiger partial charge is 0.340 e. The Labute approximate surface area is 179 Å². The zero-order chi connectivity index (χ0) is 21.8. The Morgan fingerprint density at radius 3 is 2.33 bits per heavy atom. The van der Waals surface area contributed by atoms with Gasteiger partial charge in [0.15, 0.2) is 5.13 Å². The topological polar surface area (TPSA) is 71.1 Å². The van der Waals surface area contributed by atoms with Crippen LogP contribution in [0.15, 0.2) is 48.5 Å². The average Bonchev–Trinajstić information content (AvgIpc) is 3.06. The third-order valence-corrected chi connectivity index (χ3v) is 5.66. The lowest BCUT2D eigenvalue weighted by Crippen LogP contribution is -2.47. The first-order valence-corrected chi connectivity index (χ1v) is 10.5.